The van der Waals surface area contributed by atoms with Crippen molar-refractivity contribution in [2.75, 3.05) is 26.2 Å². The molecule has 1 aromatic heterocycles. The molecule has 5 heteroatoms. The first kappa shape index (κ1) is 15.7. The molecule has 0 saturated carbocycles. The summed E-state index contributed by atoms with van der Waals surface area (Å²) in [6.45, 7) is 5.55. The van der Waals surface area contributed by atoms with Gasteiger partial charge in [0.05, 0.1) is 6.20 Å². The zero-order valence-electron chi connectivity index (χ0n) is 13.5. The quantitative estimate of drug-likeness (QED) is 0.941. The molecule has 1 saturated heterocycles. The summed E-state index contributed by atoms with van der Waals surface area (Å²) in [5, 5.41) is 3.31. The van der Waals surface area contributed by atoms with E-state index < -0.39 is 0 Å². The van der Waals surface area contributed by atoms with Gasteiger partial charge in [0.25, 0.3) is 0 Å². The van der Waals surface area contributed by atoms with Gasteiger partial charge in [-0.05, 0) is 19.9 Å². The molecule has 2 heterocycles. The molecule has 0 bridgehead atoms. The molecule has 23 heavy (non-hydrogen) atoms. The van der Waals surface area contributed by atoms with Crippen molar-refractivity contribution in [3.63, 3.8) is 0 Å². The minimum absolute atomic E-state index is 0.184. The predicted octanol–water partition coefficient (Wildman–Crippen LogP) is 2.40. The van der Waals surface area contributed by atoms with Crippen molar-refractivity contribution in [3.05, 3.63) is 41.9 Å². The number of aromatic nitrogens is 1. The Balaban J connectivity index is 1.56. The number of rotatable bonds is 4. The number of carbonyl (C=O) groups is 1. The molecule has 1 amide bonds. The highest BCUT2D eigenvalue weighted by Crippen LogP contribution is 2.21. The second-order valence-corrected chi connectivity index (χ2v) is 5.97. The summed E-state index contributed by atoms with van der Waals surface area (Å²) in [7, 11) is 0. The number of hydrogen-bond donors (Lipinski definition) is 1. The van der Waals surface area contributed by atoms with Gasteiger partial charge in [0.15, 0.2) is 11.7 Å². The molecule has 3 rings (SSSR count). The summed E-state index contributed by atoms with van der Waals surface area (Å²) in [5.41, 5.74) is 2.23. The monoisotopic (exact) mass is 313 g/mol. The van der Waals surface area contributed by atoms with Crippen molar-refractivity contribution in [1.82, 2.24) is 15.2 Å². The molecule has 1 aromatic carbocycles. The van der Waals surface area contributed by atoms with E-state index in [4.69, 9.17) is 4.42 Å². The van der Waals surface area contributed by atoms with Gasteiger partial charge in [0, 0.05) is 38.0 Å². The standard InChI is InChI=1S/C18H23N3O2/c1-14-3-5-15(6-4-14)16-13-20-17(23-16)7-8-18(22)21-11-2-9-19-10-12-21/h3-6,13,19H,2,7-12H2,1H3. The molecule has 0 atom stereocenters. The summed E-state index contributed by atoms with van der Waals surface area (Å²) < 4.78 is 5.78. The van der Waals surface area contributed by atoms with Crippen LogP contribution in [0, 0.1) is 6.92 Å². The Hall–Kier alpha value is -2.14. The SMILES string of the molecule is Cc1ccc(-c2cnc(CCC(=O)N3CCCNCC3)o2)cc1. The normalized spacial score (nSPS) is 15.4. The first-order valence-electron chi connectivity index (χ1n) is 8.22. The molecule has 122 valence electrons. The van der Waals surface area contributed by atoms with Gasteiger partial charge in [-0.3, -0.25) is 4.79 Å². The van der Waals surface area contributed by atoms with Crippen LogP contribution < -0.4 is 5.32 Å². The Bertz CT molecular complexity index is 641. The molecule has 1 N–H and O–H groups in total. The first-order valence-corrected chi connectivity index (χ1v) is 8.22. The lowest BCUT2D eigenvalue weighted by Gasteiger charge is -2.19. The average Bonchev–Trinajstić information content (AvgIpc) is 2.86. The fourth-order valence-electron chi connectivity index (χ4n) is 2.74. The van der Waals surface area contributed by atoms with Crippen LogP contribution in [0.4, 0.5) is 0 Å². The van der Waals surface area contributed by atoms with Gasteiger partial charge in [-0.1, -0.05) is 29.8 Å². The zero-order chi connectivity index (χ0) is 16.1. The summed E-state index contributed by atoms with van der Waals surface area (Å²) >= 11 is 0. The van der Waals surface area contributed by atoms with Gasteiger partial charge in [0.2, 0.25) is 5.91 Å². The molecular weight excluding hydrogens is 290 g/mol. The van der Waals surface area contributed by atoms with Gasteiger partial charge < -0.3 is 14.6 Å². The first-order chi connectivity index (χ1) is 11.2. The van der Waals surface area contributed by atoms with E-state index in [0.717, 1.165) is 43.9 Å². The van der Waals surface area contributed by atoms with Crippen LogP contribution in [0.3, 0.4) is 0 Å². The summed E-state index contributed by atoms with van der Waals surface area (Å²) in [6.07, 6.45) is 3.76. The van der Waals surface area contributed by atoms with E-state index >= 15 is 0 Å². The number of hydrogen-bond acceptors (Lipinski definition) is 4. The minimum Gasteiger partial charge on any atom is -0.441 e. The summed E-state index contributed by atoms with van der Waals surface area (Å²) in [5.74, 6) is 1.57. The highest BCUT2D eigenvalue weighted by molar-refractivity contribution is 5.76. The third-order valence-corrected chi connectivity index (χ3v) is 4.14. The van der Waals surface area contributed by atoms with Crippen LogP contribution >= 0.6 is 0 Å². The third kappa shape index (κ3) is 4.20. The van der Waals surface area contributed by atoms with Crippen LogP contribution in [0.15, 0.2) is 34.9 Å². The second kappa shape index (κ2) is 7.42. The number of amides is 1. The second-order valence-electron chi connectivity index (χ2n) is 5.97. The zero-order valence-corrected chi connectivity index (χ0v) is 13.5. The van der Waals surface area contributed by atoms with Crippen LogP contribution in [0.2, 0.25) is 0 Å². The predicted molar refractivity (Wildman–Crippen MR) is 89.1 cm³/mol. The molecule has 1 fully saturated rings. The van der Waals surface area contributed by atoms with Crippen LogP contribution in [0.5, 0.6) is 0 Å². The van der Waals surface area contributed by atoms with Gasteiger partial charge in [-0.15, -0.1) is 0 Å². The van der Waals surface area contributed by atoms with E-state index in [2.05, 4.69) is 29.4 Å². The number of carbonyl (C=O) groups excluding carboxylic acids is 1. The van der Waals surface area contributed by atoms with Crippen molar-refractivity contribution < 1.29 is 9.21 Å². The smallest absolute Gasteiger partial charge is 0.223 e. The maximum Gasteiger partial charge on any atom is 0.223 e. The van der Waals surface area contributed by atoms with Crippen molar-refractivity contribution >= 4 is 5.91 Å². The Labute approximate surface area is 136 Å². The van der Waals surface area contributed by atoms with Crippen molar-refractivity contribution in [2.45, 2.75) is 26.2 Å². The van der Waals surface area contributed by atoms with Gasteiger partial charge in [-0.25, -0.2) is 4.98 Å². The van der Waals surface area contributed by atoms with Crippen LogP contribution in [0.25, 0.3) is 11.3 Å². The Morgan fingerprint density at radius 1 is 1.26 bits per heavy atom. The lowest BCUT2D eigenvalue weighted by molar-refractivity contribution is -0.131. The minimum atomic E-state index is 0.184. The van der Waals surface area contributed by atoms with E-state index in [1.165, 1.54) is 5.56 Å². The highest BCUT2D eigenvalue weighted by atomic mass is 16.4. The van der Waals surface area contributed by atoms with E-state index in [-0.39, 0.29) is 5.91 Å². The molecular formula is C18H23N3O2. The lowest BCUT2D eigenvalue weighted by Crippen LogP contribution is -2.34. The van der Waals surface area contributed by atoms with E-state index in [1.54, 1.807) is 6.20 Å². The van der Waals surface area contributed by atoms with Crippen molar-refractivity contribution in [3.8, 4) is 11.3 Å². The fourth-order valence-corrected chi connectivity index (χ4v) is 2.74. The molecule has 1 aliphatic heterocycles. The molecule has 0 unspecified atom stereocenters. The Morgan fingerprint density at radius 2 is 2.09 bits per heavy atom. The number of aryl methyl sites for hydroxylation is 2. The maximum atomic E-state index is 12.3. The average molecular weight is 313 g/mol. The van der Waals surface area contributed by atoms with Gasteiger partial charge >= 0.3 is 0 Å². The summed E-state index contributed by atoms with van der Waals surface area (Å²) in [4.78, 5) is 18.5. The molecule has 0 aliphatic carbocycles. The highest BCUT2D eigenvalue weighted by Gasteiger charge is 2.16. The lowest BCUT2D eigenvalue weighted by atomic mass is 10.1. The Morgan fingerprint density at radius 3 is 2.91 bits per heavy atom. The topological polar surface area (TPSA) is 58.4 Å². The van der Waals surface area contributed by atoms with Crippen LogP contribution in [0.1, 0.15) is 24.3 Å². The number of nitrogens with zero attached hydrogens (tertiary/aromatic N) is 2. The third-order valence-electron chi connectivity index (χ3n) is 4.14. The van der Waals surface area contributed by atoms with E-state index in [0.29, 0.717) is 18.7 Å². The summed E-state index contributed by atoms with van der Waals surface area (Å²) in [6, 6.07) is 8.15. The number of oxazole rings is 1. The van der Waals surface area contributed by atoms with Crippen molar-refractivity contribution in [1.29, 1.82) is 0 Å². The van der Waals surface area contributed by atoms with Crippen LogP contribution in [-0.4, -0.2) is 42.0 Å². The van der Waals surface area contributed by atoms with Gasteiger partial charge in [-0.2, -0.15) is 0 Å². The Kier molecular flexibility index (Phi) is 5.08. The molecule has 0 radical (unpaired) electrons. The number of nitrogens with one attached hydrogen (secondary N) is 1. The van der Waals surface area contributed by atoms with Gasteiger partial charge in [0.1, 0.15) is 0 Å². The van der Waals surface area contributed by atoms with E-state index in [1.807, 2.05) is 17.0 Å². The fraction of sp³-hybridized carbons (Fsp3) is 0.444. The molecule has 2 aromatic rings. The van der Waals surface area contributed by atoms with Crippen LogP contribution in [-0.2, 0) is 11.2 Å². The number of benzene rings is 1. The molecule has 1 aliphatic rings. The molecule has 0 spiro atoms. The largest absolute Gasteiger partial charge is 0.441 e. The van der Waals surface area contributed by atoms with E-state index in [9.17, 15) is 4.79 Å². The molecule has 5 nitrogen and oxygen atoms in total. The maximum absolute atomic E-state index is 12.3. The van der Waals surface area contributed by atoms with Crippen molar-refractivity contribution in [2.24, 2.45) is 0 Å².